The van der Waals surface area contributed by atoms with E-state index in [4.69, 9.17) is 14.7 Å². The van der Waals surface area contributed by atoms with Crippen molar-refractivity contribution < 1.29 is 23.9 Å². The summed E-state index contributed by atoms with van der Waals surface area (Å²) in [4.78, 5) is 40.1. The SMILES string of the molecule is CC(C)(C)OC(=O)CN1CC2(CCN(C(=O)Cc3ccc(C#N)cc3)CC2)OC1=O. The highest BCUT2D eigenvalue weighted by Crippen LogP contribution is 2.33. The van der Waals surface area contributed by atoms with Gasteiger partial charge in [-0.1, -0.05) is 12.1 Å². The summed E-state index contributed by atoms with van der Waals surface area (Å²) >= 11 is 0. The molecule has 2 aliphatic rings. The van der Waals surface area contributed by atoms with Crippen LogP contribution in [0, 0.1) is 11.3 Å². The molecule has 2 aliphatic heterocycles. The molecule has 8 heteroatoms. The molecule has 0 aromatic heterocycles. The number of benzene rings is 1. The van der Waals surface area contributed by atoms with Gasteiger partial charge in [0.2, 0.25) is 5.91 Å². The van der Waals surface area contributed by atoms with Gasteiger partial charge < -0.3 is 14.4 Å². The summed E-state index contributed by atoms with van der Waals surface area (Å²) in [6, 6.07) is 9.03. The van der Waals surface area contributed by atoms with Gasteiger partial charge in [-0.3, -0.25) is 14.5 Å². The van der Waals surface area contributed by atoms with E-state index < -0.39 is 23.3 Å². The molecular formula is C22H27N3O5. The first-order valence-electron chi connectivity index (χ1n) is 10.1. The topological polar surface area (TPSA) is 99.9 Å². The highest BCUT2D eigenvalue weighted by molar-refractivity contribution is 5.80. The van der Waals surface area contributed by atoms with E-state index in [0.717, 1.165) is 5.56 Å². The minimum absolute atomic E-state index is 0.00416. The number of nitriles is 1. The Labute approximate surface area is 176 Å². The van der Waals surface area contributed by atoms with Gasteiger partial charge in [0.05, 0.1) is 24.6 Å². The first-order valence-corrected chi connectivity index (χ1v) is 10.1. The molecule has 8 nitrogen and oxygen atoms in total. The van der Waals surface area contributed by atoms with Crippen molar-refractivity contribution in [1.29, 1.82) is 5.26 Å². The first kappa shape index (κ1) is 21.6. The number of hydrogen-bond donors (Lipinski definition) is 0. The molecule has 1 aromatic carbocycles. The van der Waals surface area contributed by atoms with E-state index >= 15 is 0 Å². The molecule has 0 radical (unpaired) electrons. The largest absolute Gasteiger partial charge is 0.459 e. The molecule has 30 heavy (non-hydrogen) atoms. The van der Waals surface area contributed by atoms with Crippen molar-refractivity contribution in [3.8, 4) is 6.07 Å². The summed E-state index contributed by atoms with van der Waals surface area (Å²) in [5.74, 6) is -0.462. The molecule has 2 amide bonds. The summed E-state index contributed by atoms with van der Waals surface area (Å²) in [7, 11) is 0. The van der Waals surface area contributed by atoms with E-state index in [9.17, 15) is 14.4 Å². The van der Waals surface area contributed by atoms with Crippen LogP contribution in [0.1, 0.15) is 44.7 Å². The molecule has 0 aliphatic carbocycles. The monoisotopic (exact) mass is 413 g/mol. The fourth-order valence-electron chi connectivity index (χ4n) is 3.75. The molecule has 0 unspecified atom stereocenters. The van der Waals surface area contributed by atoms with Crippen LogP contribution in [0.4, 0.5) is 4.79 Å². The molecule has 2 saturated heterocycles. The average Bonchev–Trinajstić information content (AvgIpc) is 2.95. The molecule has 2 heterocycles. The quantitative estimate of drug-likeness (QED) is 0.702. The Morgan fingerprint density at radius 1 is 1.20 bits per heavy atom. The summed E-state index contributed by atoms with van der Waals surface area (Å²) in [5.41, 5.74) is 0.142. The number of amides is 2. The van der Waals surface area contributed by atoms with Gasteiger partial charge in [0.25, 0.3) is 0 Å². The van der Waals surface area contributed by atoms with Crippen molar-refractivity contribution >= 4 is 18.0 Å². The fraction of sp³-hybridized carbons (Fsp3) is 0.545. The van der Waals surface area contributed by atoms with E-state index in [2.05, 4.69) is 6.07 Å². The highest BCUT2D eigenvalue weighted by atomic mass is 16.6. The van der Waals surface area contributed by atoms with Gasteiger partial charge in [-0.05, 0) is 38.5 Å². The van der Waals surface area contributed by atoms with Gasteiger partial charge in [-0.25, -0.2) is 4.79 Å². The summed E-state index contributed by atoms with van der Waals surface area (Å²) < 4.78 is 10.9. The predicted molar refractivity (Wildman–Crippen MR) is 107 cm³/mol. The number of nitrogens with zero attached hydrogens (tertiary/aromatic N) is 3. The second-order valence-corrected chi connectivity index (χ2v) is 8.86. The number of hydrogen-bond acceptors (Lipinski definition) is 6. The van der Waals surface area contributed by atoms with Crippen molar-refractivity contribution in [3.05, 3.63) is 35.4 Å². The van der Waals surface area contributed by atoms with Gasteiger partial charge in [-0.15, -0.1) is 0 Å². The molecule has 1 aromatic rings. The number of piperidine rings is 1. The zero-order valence-electron chi connectivity index (χ0n) is 17.6. The van der Waals surface area contributed by atoms with Crippen LogP contribution in [-0.4, -0.2) is 65.2 Å². The second-order valence-electron chi connectivity index (χ2n) is 8.86. The van der Waals surface area contributed by atoms with Crippen LogP contribution in [0.2, 0.25) is 0 Å². The number of carbonyl (C=O) groups excluding carboxylic acids is 3. The third-order valence-corrected chi connectivity index (χ3v) is 5.25. The lowest BCUT2D eigenvalue weighted by atomic mass is 9.91. The zero-order valence-corrected chi connectivity index (χ0v) is 17.6. The maximum Gasteiger partial charge on any atom is 0.411 e. The van der Waals surface area contributed by atoms with Crippen LogP contribution in [0.3, 0.4) is 0 Å². The van der Waals surface area contributed by atoms with E-state index in [1.165, 1.54) is 4.90 Å². The van der Waals surface area contributed by atoms with Gasteiger partial charge in [0.15, 0.2) is 0 Å². The Morgan fingerprint density at radius 2 is 1.83 bits per heavy atom. The van der Waals surface area contributed by atoms with Crippen molar-refractivity contribution in [3.63, 3.8) is 0 Å². The van der Waals surface area contributed by atoms with Gasteiger partial charge >= 0.3 is 12.1 Å². The Bertz CT molecular complexity index is 858. The number of carbonyl (C=O) groups is 3. The molecule has 2 fully saturated rings. The van der Waals surface area contributed by atoms with Crippen molar-refractivity contribution in [2.24, 2.45) is 0 Å². The molecule has 3 rings (SSSR count). The van der Waals surface area contributed by atoms with E-state index in [0.29, 0.717) is 38.0 Å². The van der Waals surface area contributed by atoms with Crippen molar-refractivity contribution in [1.82, 2.24) is 9.80 Å². The summed E-state index contributed by atoms with van der Waals surface area (Å²) in [5, 5.41) is 8.86. The fourth-order valence-corrected chi connectivity index (χ4v) is 3.75. The normalized spacial score (nSPS) is 18.1. The predicted octanol–water partition coefficient (Wildman–Crippen LogP) is 2.26. The van der Waals surface area contributed by atoms with Crippen LogP contribution in [0.25, 0.3) is 0 Å². The van der Waals surface area contributed by atoms with E-state index in [-0.39, 0.29) is 18.9 Å². The average molecular weight is 413 g/mol. The second kappa shape index (κ2) is 8.34. The maximum atomic E-state index is 12.6. The number of likely N-dealkylation sites (tertiary alicyclic amines) is 1. The third-order valence-electron chi connectivity index (χ3n) is 5.25. The van der Waals surface area contributed by atoms with Gasteiger partial charge in [0.1, 0.15) is 17.7 Å². The molecule has 0 bridgehead atoms. The molecule has 0 atom stereocenters. The molecule has 160 valence electrons. The Balaban J connectivity index is 1.51. The van der Waals surface area contributed by atoms with Gasteiger partial charge in [0, 0.05) is 25.9 Å². The minimum Gasteiger partial charge on any atom is -0.459 e. The third kappa shape index (κ3) is 5.29. The smallest absolute Gasteiger partial charge is 0.411 e. The van der Waals surface area contributed by atoms with Crippen LogP contribution < -0.4 is 0 Å². The van der Waals surface area contributed by atoms with Crippen molar-refractivity contribution in [2.45, 2.75) is 51.2 Å². The van der Waals surface area contributed by atoms with Crippen molar-refractivity contribution in [2.75, 3.05) is 26.2 Å². The lowest BCUT2D eigenvalue weighted by Crippen LogP contribution is -2.49. The molecule has 1 spiro atoms. The number of esters is 1. The molecular weight excluding hydrogens is 386 g/mol. The molecule has 0 saturated carbocycles. The molecule has 0 N–H and O–H groups in total. The highest BCUT2D eigenvalue weighted by Gasteiger charge is 2.48. The Hall–Kier alpha value is -3.08. The van der Waals surface area contributed by atoms with Crippen LogP contribution in [-0.2, 0) is 25.5 Å². The first-order chi connectivity index (χ1) is 14.1. The number of rotatable bonds is 4. The summed E-state index contributed by atoms with van der Waals surface area (Å²) in [6.07, 6.45) is 0.812. The standard InChI is InChI=1S/C22H27N3O5/c1-21(2,3)29-19(27)14-25-15-22(30-20(25)28)8-10-24(11-9-22)18(26)12-16-4-6-17(13-23)7-5-16/h4-7H,8-12,14-15H2,1-3H3. The number of ether oxygens (including phenoxy) is 2. The van der Waals surface area contributed by atoms with Crippen LogP contribution >= 0.6 is 0 Å². The lowest BCUT2D eigenvalue weighted by Gasteiger charge is -2.37. The maximum absolute atomic E-state index is 12.6. The van der Waals surface area contributed by atoms with E-state index in [1.807, 2.05) is 0 Å². The van der Waals surface area contributed by atoms with E-state index in [1.54, 1.807) is 49.9 Å². The lowest BCUT2D eigenvalue weighted by molar-refractivity contribution is -0.155. The summed E-state index contributed by atoms with van der Waals surface area (Å²) in [6.45, 7) is 6.49. The zero-order chi connectivity index (χ0) is 21.9. The Kier molecular flexibility index (Phi) is 6.01. The Morgan fingerprint density at radius 3 is 2.40 bits per heavy atom. The van der Waals surface area contributed by atoms with Gasteiger partial charge in [-0.2, -0.15) is 5.26 Å². The minimum atomic E-state index is -0.662. The van der Waals surface area contributed by atoms with Crippen LogP contribution in [0.15, 0.2) is 24.3 Å². The van der Waals surface area contributed by atoms with Crippen LogP contribution in [0.5, 0.6) is 0 Å².